The molecule has 7 heteroatoms. The van der Waals surface area contributed by atoms with Crippen molar-refractivity contribution < 1.29 is 14.3 Å². The molecule has 0 radical (unpaired) electrons. The predicted molar refractivity (Wildman–Crippen MR) is 90.5 cm³/mol. The summed E-state index contributed by atoms with van der Waals surface area (Å²) in [4.78, 5) is 28.2. The second-order valence-corrected chi connectivity index (χ2v) is 7.96. The average Bonchev–Trinajstić information content (AvgIpc) is 2.97. The maximum Gasteiger partial charge on any atom is 0.239 e. The van der Waals surface area contributed by atoms with E-state index >= 15 is 0 Å². The van der Waals surface area contributed by atoms with Crippen molar-refractivity contribution in [3.05, 3.63) is 0 Å². The molecule has 0 aromatic carbocycles. The summed E-state index contributed by atoms with van der Waals surface area (Å²) in [5.41, 5.74) is -0.271. The maximum absolute atomic E-state index is 12.4. The second kappa shape index (κ2) is 6.99. The van der Waals surface area contributed by atoms with Crippen LogP contribution in [0.25, 0.3) is 0 Å². The Morgan fingerprint density at radius 2 is 1.96 bits per heavy atom. The van der Waals surface area contributed by atoms with Gasteiger partial charge in [0.25, 0.3) is 0 Å². The van der Waals surface area contributed by atoms with Gasteiger partial charge in [-0.2, -0.15) is 11.8 Å². The number of morpholine rings is 1. The van der Waals surface area contributed by atoms with Gasteiger partial charge in [-0.25, -0.2) is 0 Å². The van der Waals surface area contributed by atoms with Crippen LogP contribution in [0.1, 0.15) is 25.7 Å². The number of amides is 2. The molecule has 130 valence electrons. The van der Waals surface area contributed by atoms with Crippen LogP contribution >= 0.6 is 11.8 Å². The summed E-state index contributed by atoms with van der Waals surface area (Å²) < 4.78 is 6.03. The van der Waals surface area contributed by atoms with E-state index in [2.05, 4.69) is 10.2 Å². The van der Waals surface area contributed by atoms with Crippen molar-refractivity contribution in [3.63, 3.8) is 0 Å². The molecule has 1 spiro atoms. The van der Waals surface area contributed by atoms with Gasteiger partial charge >= 0.3 is 0 Å². The number of thioether (sulfide) groups is 1. The Morgan fingerprint density at radius 3 is 2.57 bits per heavy atom. The molecule has 23 heavy (non-hydrogen) atoms. The van der Waals surface area contributed by atoms with Crippen LogP contribution in [0.3, 0.4) is 0 Å². The summed E-state index contributed by atoms with van der Waals surface area (Å²) in [6.45, 7) is 2.42. The smallest absolute Gasteiger partial charge is 0.239 e. The van der Waals surface area contributed by atoms with E-state index in [0.717, 1.165) is 12.8 Å². The molecule has 3 aliphatic rings. The van der Waals surface area contributed by atoms with Gasteiger partial charge < -0.3 is 15.0 Å². The Labute approximate surface area is 142 Å². The summed E-state index contributed by atoms with van der Waals surface area (Å²) >= 11 is 1.55. The number of likely N-dealkylation sites (N-methyl/N-ethyl adjacent to an activating group) is 1. The minimum Gasteiger partial charge on any atom is -0.368 e. The summed E-state index contributed by atoms with van der Waals surface area (Å²) in [6.07, 6.45) is 6.56. The van der Waals surface area contributed by atoms with Crippen LogP contribution < -0.4 is 5.32 Å². The van der Waals surface area contributed by atoms with E-state index in [4.69, 9.17) is 4.74 Å². The molecule has 6 nitrogen and oxygen atoms in total. The fourth-order valence-electron chi connectivity index (χ4n) is 3.87. The highest BCUT2D eigenvalue weighted by Crippen LogP contribution is 2.31. The molecule has 0 unspecified atom stereocenters. The zero-order valence-corrected chi connectivity index (χ0v) is 14.9. The SMILES string of the molecule is CSCC(=O)N1CC2(C1)CN(C)[C@H](C(=O)NC1CCCC1)CO2. The number of carbonyl (C=O) groups is 2. The van der Waals surface area contributed by atoms with Crippen LogP contribution in [0, 0.1) is 0 Å². The van der Waals surface area contributed by atoms with Gasteiger partial charge in [0, 0.05) is 12.6 Å². The van der Waals surface area contributed by atoms with E-state index < -0.39 is 0 Å². The molecule has 2 aliphatic heterocycles. The number of ether oxygens (including phenoxy) is 1. The lowest BCUT2D eigenvalue weighted by molar-refractivity contribution is -0.200. The van der Waals surface area contributed by atoms with Crippen molar-refractivity contribution >= 4 is 23.6 Å². The molecule has 0 bridgehead atoms. The largest absolute Gasteiger partial charge is 0.368 e. The first-order valence-electron chi connectivity index (χ1n) is 8.44. The molecule has 0 aromatic heterocycles. The maximum atomic E-state index is 12.4. The summed E-state index contributed by atoms with van der Waals surface area (Å²) in [5.74, 6) is 0.789. The number of nitrogens with one attached hydrogen (secondary N) is 1. The zero-order chi connectivity index (χ0) is 16.4. The van der Waals surface area contributed by atoms with Gasteiger partial charge in [0.15, 0.2) is 0 Å². The monoisotopic (exact) mass is 341 g/mol. The van der Waals surface area contributed by atoms with Gasteiger partial charge in [-0.15, -0.1) is 0 Å². The first kappa shape index (κ1) is 17.0. The van der Waals surface area contributed by atoms with Crippen molar-refractivity contribution in [1.29, 1.82) is 0 Å². The lowest BCUT2D eigenvalue weighted by Crippen LogP contribution is -2.73. The number of hydrogen-bond acceptors (Lipinski definition) is 5. The first-order valence-corrected chi connectivity index (χ1v) is 9.84. The number of carbonyl (C=O) groups excluding carboxylic acids is 2. The fraction of sp³-hybridized carbons (Fsp3) is 0.875. The summed E-state index contributed by atoms with van der Waals surface area (Å²) in [5, 5.41) is 3.16. The van der Waals surface area contributed by atoms with Crippen LogP contribution in [0.2, 0.25) is 0 Å². The van der Waals surface area contributed by atoms with Crippen LogP contribution in [0.4, 0.5) is 0 Å². The van der Waals surface area contributed by atoms with Crippen LogP contribution in [0.15, 0.2) is 0 Å². The Morgan fingerprint density at radius 1 is 1.26 bits per heavy atom. The topological polar surface area (TPSA) is 61.9 Å². The lowest BCUT2D eigenvalue weighted by Gasteiger charge is -2.54. The highest BCUT2D eigenvalue weighted by Gasteiger charge is 2.51. The van der Waals surface area contributed by atoms with Crippen molar-refractivity contribution in [2.75, 3.05) is 45.3 Å². The fourth-order valence-corrected chi connectivity index (χ4v) is 4.30. The Kier molecular flexibility index (Phi) is 5.18. The number of rotatable bonds is 4. The van der Waals surface area contributed by atoms with E-state index in [1.807, 2.05) is 18.2 Å². The van der Waals surface area contributed by atoms with Gasteiger partial charge in [0.1, 0.15) is 11.6 Å². The summed E-state index contributed by atoms with van der Waals surface area (Å²) in [6, 6.07) is 0.132. The molecular weight excluding hydrogens is 314 g/mol. The Hall–Kier alpha value is -0.790. The van der Waals surface area contributed by atoms with Gasteiger partial charge in [-0.1, -0.05) is 12.8 Å². The molecule has 1 saturated carbocycles. The Balaban J connectivity index is 1.48. The van der Waals surface area contributed by atoms with E-state index in [0.29, 0.717) is 38.0 Å². The van der Waals surface area contributed by atoms with Crippen molar-refractivity contribution in [1.82, 2.24) is 15.1 Å². The van der Waals surface area contributed by atoms with Crippen molar-refractivity contribution in [3.8, 4) is 0 Å². The number of likely N-dealkylation sites (tertiary alicyclic amines) is 1. The minimum atomic E-state index is -0.271. The van der Waals surface area contributed by atoms with E-state index in [9.17, 15) is 9.59 Å². The molecule has 0 aromatic rings. The minimum absolute atomic E-state index is 0.0869. The van der Waals surface area contributed by atoms with Crippen LogP contribution in [-0.2, 0) is 14.3 Å². The van der Waals surface area contributed by atoms with E-state index in [-0.39, 0.29) is 23.5 Å². The third kappa shape index (κ3) is 3.67. The molecule has 2 amide bonds. The average molecular weight is 341 g/mol. The van der Waals surface area contributed by atoms with Crippen LogP contribution in [-0.4, -0.2) is 84.6 Å². The molecule has 1 aliphatic carbocycles. The quantitative estimate of drug-likeness (QED) is 0.798. The Bertz CT molecular complexity index is 461. The van der Waals surface area contributed by atoms with E-state index in [1.165, 1.54) is 12.8 Å². The van der Waals surface area contributed by atoms with Gasteiger partial charge in [0.05, 0.1) is 25.4 Å². The normalized spacial score (nSPS) is 27.9. The molecule has 3 rings (SSSR count). The van der Waals surface area contributed by atoms with E-state index in [1.54, 1.807) is 11.8 Å². The molecule has 2 saturated heterocycles. The van der Waals surface area contributed by atoms with Crippen molar-refractivity contribution in [2.45, 2.75) is 43.4 Å². The molecule has 1 N–H and O–H groups in total. The third-order valence-corrected chi connectivity index (χ3v) is 5.74. The van der Waals surface area contributed by atoms with Gasteiger partial charge in [-0.05, 0) is 26.1 Å². The van der Waals surface area contributed by atoms with Crippen LogP contribution in [0.5, 0.6) is 0 Å². The van der Waals surface area contributed by atoms with Gasteiger partial charge in [0.2, 0.25) is 11.8 Å². The standard InChI is InChI=1S/C16H27N3O3S/c1-18-9-16(10-19(11-16)14(20)8-23-2)22-7-13(18)15(21)17-12-5-3-4-6-12/h12-13H,3-11H2,1-2H3,(H,17,21)/t13-/m0/s1. The third-order valence-electron chi connectivity index (χ3n) is 5.20. The lowest BCUT2D eigenvalue weighted by atomic mass is 9.90. The highest BCUT2D eigenvalue weighted by molar-refractivity contribution is 7.99. The molecular formula is C16H27N3O3S. The summed E-state index contributed by atoms with van der Waals surface area (Å²) in [7, 11) is 1.98. The number of hydrogen-bond donors (Lipinski definition) is 1. The number of nitrogens with zero attached hydrogens (tertiary/aromatic N) is 2. The first-order chi connectivity index (χ1) is 11.0. The molecule has 1 atom stereocenters. The predicted octanol–water partition coefficient (Wildman–Crippen LogP) is 0.320. The molecule has 2 heterocycles. The zero-order valence-electron chi connectivity index (χ0n) is 14.0. The highest BCUT2D eigenvalue weighted by atomic mass is 32.2. The molecule has 3 fully saturated rings. The second-order valence-electron chi connectivity index (χ2n) is 7.10. The van der Waals surface area contributed by atoms with Gasteiger partial charge in [-0.3, -0.25) is 14.5 Å². The van der Waals surface area contributed by atoms with Crippen molar-refractivity contribution in [2.24, 2.45) is 0 Å².